The Labute approximate surface area is 251 Å². The Hall–Kier alpha value is -2.62. The molecule has 0 saturated heterocycles. The Bertz CT molecular complexity index is 926. The maximum atomic E-state index is 12.6. The van der Waals surface area contributed by atoms with Gasteiger partial charge in [-0.1, -0.05) is 153 Å². The molecular formula is C37H58N2O2. The lowest BCUT2D eigenvalue weighted by molar-refractivity contribution is -0.116. The molecule has 0 radical (unpaired) electrons. The highest BCUT2D eigenvalue weighted by atomic mass is 16.2. The molecule has 2 amide bonds. The molecule has 2 rings (SSSR count). The summed E-state index contributed by atoms with van der Waals surface area (Å²) in [7, 11) is 0. The van der Waals surface area contributed by atoms with Gasteiger partial charge in [-0.3, -0.25) is 9.59 Å². The van der Waals surface area contributed by atoms with Gasteiger partial charge in [-0.05, 0) is 43.2 Å². The van der Waals surface area contributed by atoms with Crippen molar-refractivity contribution < 1.29 is 9.59 Å². The van der Waals surface area contributed by atoms with Gasteiger partial charge >= 0.3 is 0 Å². The first kappa shape index (κ1) is 34.6. The Balaban J connectivity index is 1.40. The molecule has 41 heavy (non-hydrogen) atoms. The molecule has 4 heteroatoms. The summed E-state index contributed by atoms with van der Waals surface area (Å²) < 4.78 is 0. The van der Waals surface area contributed by atoms with Crippen LogP contribution in [0.5, 0.6) is 0 Å². The molecule has 2 aromatic rings. The third-order valence-corrected chi connectivity index (χ3v) is 8.09. The zero-order chi connectivity index (χ0) is 29.4. The molecule has 0 fully saturated rings. The average Bonchev–Trinajstić information content (AvgIpc) is 2.99. The molecule has 0 aliphatic rings. The number of rotatable bonds is 24. The molecule has 0 aliphatic heterocycles. The fourth-order valence-corrected chi connectivity index (χ4v) is 5.40. The number of carbonyl (C=O) groups is 2. The van der Waals surface area contributed by atoms with Gasteiger partial charge in [0.2, 0.25) is 5.91 Å². The van der Waals surface area contributed by atoms with E-state index in [4.69, 9.17) is 0 Å². The zero-order valence-electron chi connectivity index (χ0n) is 26.2. The molecule has 2 aromatic carbocycles. The van der Waals surface area contributed by atoms with Crippen LogP contribution >= 0.6 is 0 Å². The number of nitrogens with one attached hydrogen (secondary N) is 2. The predicted octanol–water partition coefficient (Wildman–Crippen LogP) is 10.9. The maximum Gasteiger partial charge on any atom is 0.251 e. The standard InChI is InChI=1S/C37H58N2O2/c1-3-4-5-6-7-8-9-10-11-12-13-14-15-16-17-18-19-20-24-27-36(40)39-35-30-28-34(29-31-35)37(41)38-32(2)33-25-22-21-23-26-33/h21-23,25-26,28-32H,3-20,24,27H2,1-2H3,(H,38,41)(H,39,40). The van der Waals surface area contributed by atoms with Crippen LogP contribution in [-0.4, -0.2) is 11.8 Å². The summed E-state index contributed by atoms with van der Waals surface area (Å²) in [6, 6.07) is 17.0. The number of unbranched alkanes of at least 4 members (excludes halogenated alkanes) is 18. The largest absolute Gasteiger partial charge is 0.346 e. The van der Waals surface area contributed by atoms with Crippen LogP contribution in [0.15, 0.2) is 54.6 Å². The van der Waals surface area contributed by atoms with Crippen molar-refractivity contribution in [1.82, 2.24) is 5.32 Å². The van der Waals surface area contributed by atoms with E-state index < -0.39 is 0 Å². The number of carbonyl (C=O) groups excluding carboxylic acids is 2. The summed E-state index contributed by atoms with van der Waals surface area (Å²) in [4.78, 5) is 24.9. The first-order valence-electron chi connectivity index (χ1n) is 16.9. The Morgan fingerprint density at radius 2 is 1.02 bits per heavy atom. The van der Waals surface area contributed by atoms with Crippen molar-refractivity contribution in [3.63, 3.8) is 0 Å². The lowest BCUT2D eigenvalue weighted by Gasteiger charge is -2.14. The van der Waals surface area contributed by atoms with Crippen LogP contribution in [0.4, 0.5) is 5.69 Å². The second-order valence-electron chi connectivity index (χ2n) is 11.8. The van der Waals surface area contributed by atoms with Crippen LogP contribution in [-0.2, 0) is 4.79 Å². The van der Waals surface area contributed by atoms with E-state index in [0.717, 1.165) is 24.1 Å². The summed E-state index contributed by atoms with van der Waals surface area (Å²) in [5.41, 5.74) is 2.39. The van der Waals surface area contributed by atoms with E-state index in [0.29, 0.717) is 12.0 Å². The Kier molecular flexibility index (Phi) is 19.4. The summed E-state index contributed by atoms with van der Waals surface area (Å²) >= 11 is 0. The molecule has 0 bridgehead atoms. The van der Waals surface area contributed by atoms with Crippen molar-refractivity contribution in [3.05, 3.63) is 65.7 Å². The smallest absolute Gasteiger partial charge is 0.251 e. The Morgan fingerprint density at radius 1 is 0.585 bits per heavy atom. The molecule has 0 saturated carbocycles. The molecular weight excluding hydrogens is 504 g/mol. The highest BCUT2D eigenvalue weighted by molar-refractivity contribution is 5.96. The van der Waals surface area contributed by atoms with Gasteiger partial charge in [0.1, 0.15) is 0 Å². The molecule has 1 atom stereocenters. The zero-order valence-corrected chi connectivity index (χ0v) is 26.2. The van der Waals surface area contributed by atoms with Gasteiger partial charge in [-0.2, -0.15) is 0 Å². The lowest BCUT2D eigenvalue weighted by Crippen LogP contribution is -2.26. The van der Waals surface area contributed by atoms with Crippen molar-refractivity contribution >= 4 is 17.5 Å². The van der Waals surface area contributed by atoms with E-state index in [1.54, 1.807) is 24.3 Å². The molecule has 0 aromatic heterocycles. The lowest BCUT2D eigenvalue weighted by atomic mass is 10.0. The molecule has 0 heterocycles. The van der Waals surface area contributed by atoms with E-state index in [1.165, 1.54) is 109 Å². The summed E-state index contributed by atoms with van der Waals surface area (Å²) in [6.45, 7) is 4.26. The quantitative estimate of drug-likeness (QED) is 0.125. The topological polar surface area (TPSA) is 58.2 Å². The van der Waals surface area contributed by atoms with Crippen molar-refractivity contribution in [2.75, 3.05) is 5.32 Å². The van der Waals surface area contributed by atoms with E-state index in [9.17, 15) is 9.59 Å². The van der Waals surface area contributed by atoms with Gasteiger partial charge in [0.15, 0.2) is 0 Å². The third kappa shape index (κ3) is 17.1. The van der Waals surface area contributed by atoms with Crippen LogP contribution in [0.3, 0.4) is 0 Å². The molecule has 228 valence electrons. The van der Waals surface area contributed by atoms with Gasteiger partial charge in [-0.15, -0.1) is 0 Å². The molecule has 2 N–H and O–H groups in total. The number of benzene rings is 2. The second kappa shape index (κ2) is 23.0. The summed E-state index contributed by atoms with van der Waals surface area (Å²) in [6.07, 6.45) is 26.2. The number of amides is 2. The van der Waals surface area contributed by atoms with E-state index in [2.05, 4.69) is 17.6 Å². The highest BCUT2D eigenvalue weighted by Crippen LogP contribution is 2.17. The summed E-state index contributed by atoms with van der Waals surface area (Å²) in [5, 5.41) is 5.99. The fourth-order valence-electron chi connectivity index (χ4n) is 5.40. The SMILES string of the molecule is CCCCCCCCCCCCCCCCCCCCCC(=O)Nc1ccc(C(=O)NC(C)c2ccccc2)cc1. The van der Waals surface area contributed by atoms with Crippen LogP contribution in [0.1, 0.15) is 164 Å². The predicted molar refractivity (Wildman–Crippen MR) is 175 cm³/mol. The monoisotopic (exact) mass is 562 g/mol. The normalized spacial score (nSPS) is 11.8. The van der Waals surface area contributed by atoms with Crippen molar-refractivity contribution in [2.24, 2.45) is 0 Å². The molecule has 4 nitrogen and oxygen atoms in total. The maximum absolute atomic E-state index is 12.6. The van der Waals surface area contributed by atoms with E-state index in [-0.39, 0.29) is 17.9 Å². The third-order valence-electron chi connectivity index (χ3n) is 8.09. The first-order valence-corrected chi connectivity index (χ1v) is 16.9. The molecule has 0 aliphatic carbocycles. The number of anilines is 1. The second-order valence-corrected chi connectivity index (χ2v) is 11.8. The van der Waals surface area contributed by atoms with Crippen molar-refractivity contribution in [1.29, 1.82) is 0 Å². The van der Waals surface area contributed by atoms with Crippen LogP contribution in [0, 0.1) is 0 Å². The first-order chi connectivity index (χ1) is 20.1. The highest BCUT2D eigenvalue weighted by Gasteiger charge is 2.11. The van der Waals surface area contributed by atoms with Crippen molar-refractivity contribution in [3.8, 4) is 0 Å². The van der Waals surface area contributed by atoms with Gasteiger partial charge in [0.05, 0.1) is 6.04 Å². The van der Waals surface area contributed by atoms with Gasteiger partial charge in [0.25, 0.3) is 5.91 Å². The molecule has 1 unspecified atom stereocenters. The number of hydrogen-bond acceptors (Lipinski definition) is 2. The van der Waals surface area contributed by atoms with E-state index >= 15 is 0 Å². The average molecular weight is 563 g/mol. The Morgan fingerprint density at radius 3 is 1.49 bits per heavy atom. The van der Waals surface area contributed by atoms with Gasteiger partial charge < -0.3 is 10.6 Å². The minimum Gasteiger partial charge on any atom is -0.346 e. The van der Waals surface area contributed by atoms with Crippen LogP contribution in [0.2, 0.25) is 0 Å². The van der Waals surface area contributed by atoms with Crippen LogP contribution in [0.25, 0.3) is 0 Å². The minimum atomic E-state index is -0.117. The van der Waals surface area contributed by atoms with Crippen LogP contribution < -0.4 is 10.6 Å². The summed E-state index contributed by atoms with van der Waals surface area (Å²) in [5.74, 6) is -0.0693. The minimum absolute atomic E-state index is 0.0480. The number of hydrogen-bond donors (Lipinski definition) is 2. The van der Waals surface area contributed by atoms with E-state index in [1.807, 2.05) is 37.3 Å². The molecule has 0 spiro atoms. The van der Waals surface area contributed by atoms with Crippen molar-refractivity contribution in [2.45, 2.75) is 148 Å². The van der Waals surface area contributed by atoms with Gasteiger partial charge in [0, 0.05) is 17.7 Å². The fraction of sp³-hybridized carbons (Fsp3) is 0.622. The van der Waals surface area contributed by atoms with Gasteiger partial charge in [-0.25, -0.2) is 0 Å².